The zero-order chi connectivity index (χ0) is 10.2. The van der Waals surface area contributed by atoms with Crippen LogP contribution in [0.15, 0.2) is 0 Å². The van der Waals surface area contributed by atoms with Crippen LogP contribution in [0.1, 0.15) is 38.5 Å². The molecule has 0 aliphatic heterocycles. The second-order valence-electron chi connectivity index (χ2n) is 3.81. The Morgan fingerprint density at radius 2 is 1.86 bits per heavy atom. The van der Waals surface area contributed by atoms with Crippen molar-refractivity contribution in [2.75, 3.05) is 13.2 Å². The van der Waals surface area contributed by atoms with Crippen LogP contribution < -0.4 is 10.6 Å². The minimum absolute atomic E-state index is 0.131. The molecule has 4 heteroatoms. The van der Waals surface area contributed by atoms with Crippen LogP contribution in [0.2, 0.25) is 0 Å². The number of aliphatic hydroxyl groups excluding tert-OH is 1. The average Bonchev–Trinajstić information content (AvgIpc) is 2.43. The van der Waals surface area contributed by atoms with E-state index in [1.54, 1.807) is 0 Å². The molecule has 0 atom stereocenters. The number of hydrogen-bond acceptors (Lipinski definition) is 2. The first-order chi connectivity index (χ1) is 6.83. The molecule has 0 spiro atoms. The van der Waals surface area contributed by atoms with Crippen molar-refractivity contribution >= 4 is 17.3 Å². The predicted molar refractivity (Wildman–Crippen MR) is 62.3 cm³/mol. The van der Waals surface area contributed by atoms with E-state index >= 15 is 0 Å². The van der Waals surface area contributed by atoms with Crippen LogP contribution in [-0.2, 0) is 0 Å². The molecule has 0 bridgehead atoms. The molecule has 0 amide bonds. The van der Waals surface area contributed by atoms with Crippen molar-refractivity contribution in [1.82, 2.24) is 10.6 Å². The number of hydrogen-bond donors (Lipinski definition) is 3. The molecule has 14 heavy (non-hydrogen) atoms. The van der Waals surface area contributed by atoms with Crippen molar-refractivity contribution in [2.24, 2.45) is 0 Å². The van der Waals surface area contributed by atoms with Crippen molar-refractivity contribution in [2.45, 2.75) is 44.6 Å². The molecule has 1 rings (SSSR count). The summed E-state index contributed by atoms with van der Waals surface area (Å²) in [6, 6.07) is 0.538. The van der Waals surface area contributed by atoms with E-state index in [9.17, 15) is 0 Å². The summed E-state index contributed by atoms with van der Waals surface area (Å²) in [6.45, 7) is 0.672. The maximum atomic E-state index is 8.62. The Hall–Kier alpha value is -0.350. The number of aliphatic hydroxyl groups is 1. The molecule has 1 aliphatic rings. The van der Waals surface area contributed by atoms with Crippen LogP contribution in [0.4, 0.5) is 0 Å². The van der Waals surface area contributed by atoms with Gasteiger partial charge in [-0.1, -0.05) is 25.7 Å². The highest BCUT2D eigenvalue weighted by Crippen LogP contribution is 2.16. The van der Waals surface area contributed by atoms with Gasteiger partial charge in [-0.05, 0) is 25.1 Å². The first kappa shape index (κ1) is 11.7. The number of rotatable bonds is 3. The lowest BCUT2D eigenvalue weighted by Gasteiger charge is -2.18. The first-order valence-corrected chi connectivity index (χ1v) is 5.89. The Balaban J connectivity index is 2.17. The van der Waals surface area contributed by atoms with E-state index in [4.69, 9.17) is 17.3 Å². The maximum absolute atomic E-state index is 8.62. The molecule has 1 fully saturated rings. The monoisotopic (exact) mass is 216 g/mol. The van der Waals surface area contributed by atoms with Gasteiger partial charge in [0, 0.05) is 12.6 Å². The lowest BCUT2D eigenvalue weighted by molar-refractivity contribution is 0.300. The van der Waals surface area contributed by atoms with E-state index in [1.807, 2.05) is 0 Å². The predicted octanol–water partition coefficient (Wildman–Crippen LogP) is 1.17. The van der Waals surface area contributed by atoms with Gasteiger partial charge in [0.1, 0.15) is 0 Å². The number of thiocarbonyl (C=S) groups is 1. The summed E-state index contributed by atoms with van der Waals surface area (Å²) in [5.41, 5.74) is 0. The van der Waals surface area contributed by atoms with Crippen LogP contribution in [0.5, 0.6) is 0 Å². The molecule has 0 aromatic carbocycles. The average molecular weight is 216 g/mol. The summed E-state index contributed by atoms with van der Waals surface area (Å²) >= 11 is 5.11. The molecule has 1 aliphatic carbocycles. The van der Waals surface area contributed by atoms with Gasteiger partial charge in [0.15, 0.2) is 5.11 Å². The molecule has 0 unspecified atom stereocenters. The van der Waals surface area contributed by atoms with Crippen LogP contribution in [-0.4, -0.2) is 29.4 Å². The zero-order valence-electron chi connectivity index (χ0n) is 8.59. The van der Waals surface area contributed by atoms with Crippen molar-refractivity contribution in [3.8, 4) is 0 Å². The summed E-state index contributed by atoms with van der Waals surface area (Å²) in [5, 5.41) is 15.6. The van der Waals surface area contributed by atoms with E-state index in [0.29, 0.717) is 17.7 Å². The number of nitrogens with one attached hydrogen (secondary N) is 2. The van der Waals surface area contributed by atoms with Crippen molar-refractivity contribution in [3.63, 3.8) is 0 Å². The largest absolute Gasteiger partial charge is 0.395 e. The van der Waals surface area contributed by atoms with Crippen molar-refractivity contribution < 1.29 is 5.11 Å². The summed E-state index contributed by atoms with van der Waals surface area (Å²) in [6.07, 6.45) is 7.77. The Labute approximate surface area is 91.3 Å². The molecule has 3 nitrogen and oxygen atoms in total. The molecule has 82 valence electrons. The fraction of sp³-hybridized carbons (Fsp3) is 0.900. The molecule has 1 saturated carbocycles. The third kappa shape index (κ3) is 4.77. The second-order valence-corrected chi connectivity index (χ2v) is 4.22. The quantitative estimate of drug-likeness (QED) is 0.489. The van der Waals surface area contributed by atoms with Gasteiger partial charge in [-0.3, -0.25) is 0 Å². The van der Waals surface area contributed by atoms with Gasteiger partial charge in [-0.25, -0.2) is 0 Å². The van der Waals surface area contributed by atoms with Gasteiger partial charge in [0.2, 0.25) is 0 Å². The minimum Gasteiger partial charge on any atom is -0.395 e. The van der Waals surface area contributed by atoms with Crippen LogP contribution in [0, 0.1) is 0 Å². The van der Waals surface area contributed by atoms with Crippen LogP contribution in [0.25, 0.3) is 0 Å². The van der Waals surface area contributed by atoms with Gasteiger partial charge in [0.05, 0.1) is 6.61 Å². The first-order valence-electron chi connectivity index (χ1n) is 5.48. The molecule has 0 saturated heterocycles. The second kappa shape index (κ2) is 7.01. The van der Waals surface area contributed by atoms with Crippen molar-refractivity contribution in [1.29, 1.82) is 0 Å². The third-order valence-corrected chi connectivity index (χ3v) is 2.85. The maximum Gasteiger partial charge on any atom is 0.166 e. The minimum atomic E-state index is 0.131. The molecular formula is C10H20N2OS. The topological polar surface area (TPSA) is 44.3 Å². The highest BCUT2D eigenvalue weighted by atomic mass is 32.1. The smallest absolute Gasteiger partial charge is 0.166 e. The molecular weight excluding hydrogens is 196 g/mol. The lowest BCUT2D eigenvalue weighted by atomic mass is 10.1. The Morgan fingerprint density at radius 3 is 2.43 bits per heavy atom. The normalized spacial score (nSPS) is 18.6. The van der Waals surface area contributed by atoms with E-state index in [1.165, 1.54) is 38.5 Å². The fourth-order valence-corrected chi connectivity index (χ4v) is 2.10. The fourth-order valence-electron chi connectivity index (χ4n) is 1.83. The Kier molecular flexibility index (Phi) is 5.87. The van der Waals surface area contributed by atoms with Crippen molar-refractivity contribution in [3.05, 3.63) is 0 Å². The molecule has 0 radical (unpaired) electrons. The molecule has 0 heterocycles. The van der Waals surface area contributed by atoms with Gasteiger partial charge in [-0.2, -0.15) is 0 Å². The summed E-state index contributed by atoms with van der Waals surface area (Å²) < 4.78 is 0. The SMILES string of the molecule is OCCNC(=S)NC1CCCCCC1. The van der Waals surface area contributed by atoms with Gasteiger partial charge in [0.25, 0.3) is 0 Å². The van der Waals surface area contributed by atoms with Gasteiger partial charge >= 0.3 is 0 Å². The molecule has 0 aromatic rings. The highest BCUT2D eigenvalue weighted by Gasteiger charge is 2.12. The lowest BCUT2D eigenvalue weighted by Crippen LogP contribution is -2.42. The van der Waals surface area contributed by atoms with E-state index < -0.39 is 0 Å². The third-order valence-electron chi connectivity index (χ3n) is 2.59. The Bertz CT molecular complexity index is 168. The van der Waals surface area contributed by atoms with Gasteiger partial charge in [-0.15, -0.1) is 0 Å². The summed E-state index contributed by atoms with van der Waals surface area (Å²) in [7, 11) is 0. The highest BCUT2D eigenvalue weighted by molar-refractivity contribution is 7.80. The van der Waals surface area contributed by atoms with E-state index in [-0.39, 0.29) is 6.61 Å². The zero-order valence-corrected chi connectivity index (χ0v) is 9.41. The van der Waals surface area contributed by atoms with E-state index in [0.717, 1.165) is 0 Å². The molecule has 3 N–H and O–H groups in total. The van der Waals surface area contributed by atoms with E-state index in [2.05, 4.69) is 10.6 Å². The summed E-state index contributed by atoms with van der Waals surface area (Å²) in [4.78, 5) is 0. The van der Waals surface area contributed by atoms with Crippen LogP contribution in [0.3, 0.4) is 0 Å². The standard InChI is InChI=1S/C10H20N2OS/c13-8-7-11-10(14)12-9-5-3-1-2-4-6-9/h9,13H,1-8H2,(H2,11,12,14). The van der Waals surface area contributed by atoms with Gasteiger partial charge < -0.3 is 15.7 Å². The molecule has 0 aromatic heterocycles. The van der Waals surface area contributed by atoms with Crippen LogP contribution >= 0.6 is 12.2 Å². The summed E-state index contributed by atoms with van der Waals surface area (Å²) in [5.74, 6) is 0. The Morgan fingerprint density at radius 1 is 1.21 bits per heavy atom.